The molecule has 1 fully saturated rings. The zero-order valence-corrected chi connectivity index (χ0v) is 16.0. The second-order valence-corrected chi connectivity index (χ2v) is 6.42. The molecule has 10 heteroatoms. The molecule has 8 nitrogen and oxygen atoms in total. The van der Waals surface area contributed by atoms with Gasteiger partial charge < -0.3 is 25.6 Å². The number of rotatable bonds is 6. The molecule has 26 heavy (non-hydrogen) atoms. The number of carboxylic acids is 1. The highest BCUT2D eigenvalue weighted by Crippen LogP contribution is 2.25. The normalized spacial score (nSPS) is 16.0. The molecule has 1 aromatic heterocycles. The Morgan fingerprint density at radius 2 is 2.23 bits per heavy atom. The Morgan fingerprint density at radius 1 is 1.42 bits per heavy atom. The lowest BCUT2D eigenvalue weighted by atomic mass is 10.2. The first-order valence-electron chi connectivity index (χ1n) is 7.74. The highest BCUT2D eigenvalue weighted by molar-refractivity contribution is 9.10. The van der Waals surface area contributed by atoms with Gasteiger partial charge in [-0.1, -0.05) is 0 Å². The Balaban J connectivity index is 0.00000243. The minimum atomic E-state index is -1.21. The van der Waals surface area contributed by atoms with Crippen LogP contribution < -0.4 is 10.6 Å². The Bertz CT molecular complexity index is 787. The molecule has 0 aliphatic carbocycles. The largest absolute Gasteiger partial charge is 0.507 e. The van der Waals surface area contributed by atoms with Gasteiger partial charge in [-0.15, -0.1) is 12.4 Å². The summed E-state index contributed by atoms with van der Waals surface area (Å²) in [6.45, 7) is 1.44. The summed E-state index contributed by atoms with van der Waals surface area (Å²) in [7, 11) is 0. The lowest BCUT2D eigenvalue weighted by molar-refractivity contribution is 0.0693. The molecule has 140 valence electrons. The van der Waals surface area contributed by atoms with Crippen molar-refractivity contribution in [2.75, 3.05) is 23.8 Å². The van der Waals surface area contributed by atoms with Crippen LogP contribution in [0.1, 0.15) is 23.2 Å². The average molecular weight is 446 g/mol. The van der Waals surface area contributed by atoms with Gasteiger partial charge >= 0.3 is 5.97 Å². The maximum absolute atomic E-state index is 11.1. The van der Waals surface area contributed by atoms with E-state index in [-0.39, 0.29) is 29.8 Å². The Hall–Kier alpha value is -2.10. The predicted molar refractivity (Wildman–Crippen MR) is 103 cm³/mol. The van der Waals surface area contributed by atoms with Gasteiger partial charge in [0.1, 0.15) is 17.1 Å². The Morgan fingerprint density at radius 3 is 2.92 bits per heavy atom. The SMILES string of the molecule is Cl.O=C(O)c1cc(Nc2ncc(Br)c(NCC3CCCO3)n2)ccc1O. The number of halogens is 2. The van der Waals surface area contributed by atoms with Crippen LogP contribution in [0.4, 0.5) is 17.5 Å². The highest BCUT2D eigenvalue weighted by atomic mass is 79.9. The van der Waals surface area contributed by atoms with E-state index in [4.69, 9.17) is 9.84 Å². The van der Waals surface area contributed by atoms with E-state index in [1.807, 2.05) is 0 Å². The monoisotopic (exact) mass is 444 g/mol. The summed E-state index contributed by atoms with van der Waals surface area (Å²) < 4.78 is 6.29. The third kappa shape index (κ3) is 4.96. The quantitative estimate of drug-likeness (QED) is 0.500. The van der Waals surface area contributed by atoms with Crippen LogP contribution in [-0.2, 0) is 4.74 Å². The van der Waals surface area contributed by atoms with Gasteiger partial charge in [0.05, 0.1) is 10.6 Å². The van der Waals surface area contributed by atoms with Crippen LogP contribution in [0.3, 0.4) is 0 Å². The Labute approximate surface area is 164 Å². The molecule has 0 bridgehead atoms. The number of nitrogens with one attached hydrogen (secondary N) is 2. The second kappa shape index (κ2) is 9.02. The van der Waals surface area contributed by atoms with Crippen molar-refractivity contribution < 1.29 is 19.7 Å². The molecule has 2 aromatic rings. The van der Waals surface area contributed by atoms with Crippen LogP contribution in [0.2, 0.25) is 0 Å². The molecule has 4 N–H and O–H groups in total. The zero-order valence-electron chi connectivity index (χ0n) is 13.6. The molecule has 1 aliphatic rings. The smallest absolute Gasteiger partial charge is 0.339 e. The molecule has 0 spiro atoms. The van der Waals surface area contributed by atoms with Crippen LogP contribution in [0.25, 0.3) is 0 Å². The number of ether oxygens (including phenoxy) is 1. The summed E-state index contributed by atoms with van der Waals surface area (Å²) in [4.78, 5) is 19.6. The molecule has 0 saturated carbocycles. The summed E-state index contributed by atoms with van der Waals surface area (Å²) in [6, 6.07) is 4.18. The van der Waals surface area contributed by atoms with Gasteiger partial charge in [-0.2, -0.15) is 4.98 Å². The maximum Gasteiger partial charge on any atom is 0.339 e. The van der Waals surface area contributed by atoms with Crippen LogP contribution in [0, 0.1) is 0 Å². The van der Waals surface area contributed by atoms with Crippen LogP contribution in [0.5, 0.6) is 5.75 Å². The summed E-state index contributed by atoms with van der Waals surface area (Å²) in [5.74, 6) is -0.587. The molecule has 0 amide bonds. The van der Waals surface area contributed by atoms with E-state index in [2.05, 4.69) is 36.5 Å². The van der Waals surface area contributed by atoms with Crippen LogP contribution >= 0.6 is 28.3 Å². The van der Waals surface area contributed by atoms with Gasteiger partial charge in [0, 0.05) is 25.0 Å². The van der Waals surface area contributed by atoms with Gasteiger partial charge in [0.15, 0.2) is 0 Å². The maximum atomic E-state index is 11.1. The summed E-state index contributed by atoms with van der Waals surface area (Å²) >= 11 is 3.40. The third-order valence-electron chi connectivity index (χ3n) is 3.75. The topological polar surface area (TPSA) is 117 Å². The van der Waals surface area contributed by atoms with E-state index in [0.29, 0.717) is 28.5 Å². The van der Waals surface area contributed by atoms with Crippen molar-refractivity contribution in [1.82, 2.24) is 9.97 Å². The van der Waals surface area contributed by atoms with Gasteiger partial charge in [0.25, 0.3) is 0 Å². The lowest BCUT2D eigenvalue weighted by Gasteiger charge is -2.13. The van der Waals surface area contributed by atoms with Gasteiger partial charge in [-0.25, -0.2) is 9.78 Å². The molecule has 1 aromatic carbocycles. The first-order valence-corrected chi connectivity index (χ1v) is 8.53. The second-order valence-electron chi connectivity index (χ2n) is 5.57. The standard InChI is InChI=1S/C16H17BrN4O4.ClH/c17-12-8-19-16(21-14(12)18-7-10-2-1-5-25-10)20-9-3-4-13(22)11(6-9)15(23)24;/h3-4,6,8,10,22H,1-2,5,7H2,(H,23,24)(H2,18,19,20,21);1H. The minimum Gasteiger partial charge on any atom is -0.507 e. The van der Waals surface area contributed by atoms with Crippen LogP contribution in [0.15, 0.2) is 28.9 Å². The zero-order chi connectivity index (χ0) is 17.8. The number of aromatic hydroxyl groups is 1. The summed E-state index contributed by atoms with van der Waals surface area (Å²) in [5.41, 5.74) is 0.265. The molecular weight excluding hydrogens is 428 g/mol. The van der Waals surface area contributed by atoms with Crippen molar-refractivity contribution in [3.05, 3.63) is 34.4 Å². The fraction of sp³-hybridized carbons (Fsp3) is 0.312. The summed E-state index contributed by atoms with van der Waals surface area (Å²) in [6.07, 6.45) is 3.86. The summed E-state index contributed by atoms with van der Waals surface area (Å²) in [5, 5.41) is 24.8. The fourth-order valence-corrected chi connectivity index (χ4v) is 2.81. The van der Waals surface area contributed by atoms with E-state index >= 15 is 0 Å². The first kappa shape index (κ1) is 20.2. The number of carbonyl (C=O) groups is 1. The van der Waals surface area contributed by atoms with Crippen molar-refractivity contribution in [3.8, 4) is 5.75 Å². The number of nitrogens with zero attached hydrogens (tertiary/aromatic N) is 2. The molecule has 2 heterocycles. The number of benzene rings is 1. The van der Waals surface area contributed by atoms with Crippen molar-refractivity contribution in [1.29, 1.82) is 0 Å². The molecule has 1 saturated heterocycles. The number of aromatic nitrogens is 2. The van der Waals surface area contributed by atoms with Gasteiger partial charge in [0.2, 0.25) is 5.95 Å². The van der Waals surface area contributed by atoms with E-state index in [0.717, 1.165) is 19.4 Å². The fourth-order valence-electron chi connectivity index (χ4n) is 2.48. The number of aromatic carboxylic acids is 1. The molecule has 1 atom stereocenters. The number of carboxylic acid groups (broad SMARTS) is 1. The third-order valence-corrected chi connectivity index (χ3v) is 4.33. The van der Waals surface area contributed by atoms with Crippen LogP contribution in [-0.4, -0.2) is 45.4 Å². The van der Waals surface area contributed by atoms with E-state index in [1.54, 1.807) is 12.3 Å². The number of hydrogen-bond donors (Lipinski definition) is 4. The van der Waals surface area contributed by atoms with E-state index < -0.39 is 5.97 Å². The average Bonchev–Trinajstić information content (AvgIpc) is 3.10. The molecular formula is C16H18BrClN4O4. The van der Waals surface area contributed by atoms with Gasteiger partial charge in [-0.3, -0.25) is 0 Å². The van der Waals surface area contributed by atoms with E-state index in [9.17, 15) is 9.90 Å². The number of anilines is 3. The lowest BCUT2D eigenvalue weighted by Crippen LogP contribution is -2.19. The molecule has 1 unspecified atom stereocenters. The van der Waals surface area contributed by atoms with Crippen molar-refractivity contribution in [3.63, 3.8) is 0 Å². The van der Waals surface area contributed by atoms with Crippen molar-refractivity contribution in [2.24, 2.45) is 0 Å². The van der Waals surface area contributed by atoms with Gasteiger partial charge in [-0.05, 0) is 47.0 Å². The minimum absolute atomic E-state index is 0. The number of phenols is 1. The van der Waals surface area contributed by atoms with Crippen molar-refractivity contribution >= 4 is 51.8 Å². The van der Waals surface area contributed by atoms with Crippen molar-refractivity contribution in [2.45, 2.75) is 18.9 Å². The predicted octanol–water partition coefficient (Wildman–Crippen LogP) is 3.40. The molecule has 3 rings (SSSR count). The first-order chi connectivity index (χ1) is 12.0. The Kier molecular flexibility index (Phi) is 7.01. The molecule has 1 aliphatic heterocycles. The highest BCUT2D eigenvalue weighted by Gasteiger charge is 2.16. The van der Waals surface area contributed by atoms with E-state index in [1.165, 1.54) is 12.1 Å². The number of hydrogen-bond acceptors (Lipinski definition) is 7. The molecule has 0 radical (unpaired) electrons.